The third-order valence-corrected chi connectivity index (χ3v) is 4.10. The van der Waals surface area contributed by atoms with Crippen LogP contribution in [0.5, 0.6) is 0 Å². The summed E-state index contributed by atoms with van der Waals surface area (Å²) < 4.78 is 5.05. The average Bonchev–Trinajstić information content (AvgIpc) is 2.69. The molecular formula is C14H26N4O3. The lowest BCUT2D eigenvalue weighted by Gasteiger charge is -2.24. The van der Waals surface area contributed by atoms with E-state index in [-0.39, 0.29) is 12.1 Å². The Bertz CT molecular complexity index is 377. The zero-order chi connectivity index (χ0) is 15.2. The van der Waals surface area contributed by atoms with Crippen molar-refractivity contribution in [2.24, 2.45) is 0 Å². The van der Waals surface area contributed by atoms with Crippen molar-refractivity contribution in [3.8, 4) is 0 Å². The summed E-state index contributed by atoms with van der Waals surface area (Å²) in [5.74, 6) is 0. The van der Waals surface area contributed by atoms with E-state index in [2.05, 4.69) is 4.90 Å². The molecule has 0 aliphatic carbocycles. The van der Waals surface area contributed by atoms with Gasteiger partial charge in [0.25, 0.3) is 0 Å². The first kappa shape index (κ1) is 15.9. The maximum atomic E-state index is 11.8. The molecule has 7 heteroatoms. The molecule has 0 spiro atoms. The summed E-state index contributed by atoms with van der Waals surface area (Å²) in [5.41, 5.74) is 0. The Morgan fingerprint density at radius 1 is 1.10 bits per heavy atom. The van der Waals surface area contributed by atoms with Gasteiger partial charge in [-0.2, -0.15) is 0 Å². The molecule has 120 valence electrons. The van der Waals surface area contributed by atoms with Gasteiger partial charge in [0.15, 0.2) is 0 Å². The van der Waals surface area contributed by atoms with Crippen LogP contribution in [0, 0.1) is 0 Å². The fourth-order valence-electron chi connectivity index (χ4n) is 2.76. The van der Waals surface area contributed by atoms with Gasteiger partial charge in [0, 0.05) is 52.9 Å². The number of likely N-dealkylation sites (N-methyl/N-ethyl adjacent to an activating group) is 1. The molecule has 0 bridgehead atoms. The van der Waals surface area contributed by atoms with Gasteiger partial charge in [0.1, 0.15) is 0 Å². The number of rotatable bonds is 4. The molecule has 0 unspecified atom stereocenters. The van der Waals surface area contributed by atoms with Crippen molar-refractivity contribution in [2.45, 2.75) is 13.3 Å². The average molecular weight is 298 g/mol. The Balaban J connectivity index is 1.73. The van der Waals surface area contributed by atoms with E-state index >= 15 is 0 Å². The lowest BCUT2D eigenvalue weighted by Crippen LogP contribution is -2.39. The minimum Gasteiger partial charge on any atom is -0.450 e. The van der Waals surface area contributed by atoms with Crippen molar-refractivity contribution in [3.05, 3.63) is 0 Å². The largest absolute Gasteiger partial charge is 0.450 e. The molecule has 2 fully saturated rings. The summed E-state index contributed by atoms with van der Waals surface area (Å²) in [7, 11) is 1.84. The van der Waals surface area contributed by atoms with E-state index in [0.29, 0.717) is 13.2 Å². The van der Waals surface area contributed by atoms with Crippen LogP contribution in [0.1, 0.15) is 13.3 Å². The fraction of sp³-hybridized carbons (Fsp3) is 0.857. The van der Waals surface area contributed by atoms with Gasteiger partial charge in [-0.1, -0.05) is 0 Å². The van der Waals surface area contributed by atoms with Gasteiger partial charge in [-0.3, -0.25) is 4.90 Å². The molecule has 2 aliphatic heterocycles. The van der Waals surface area contributed by atoms with Crippen LogP contribution in [-0.2, 0) is 4.74 Å². The summed E-state index contributed by atoms with van der Waals surface area (Å²) in [6.45, 7) is 8.78. The van der Waals surface area contributed by atoms with E-state index in [1.807, 2.05) is 18.9 Å². The van der Waals surface area contributed by atoms with Gasteiger partial charge in [0.05, 0.1) is 6.61 Å². The Morgan fingerprint density at radius 3 is 2.57 bits per heavy atom. The fourth-order valence-corrected chi connectivity index (χ4v) is 2.76. The van der Waals surface area contributed by atoms with Crippen molar-refractivity contribution < 1.29 is 14.3 Å². The minimum absolute atomic E-state index is 0.123. The number of nitrogens with zero attached hydrogens (tertiary/aromatic N) is 4. The molecule has 0 aromatic carbocycles. The van der Waals surface area contributed by atoms with Crippen LogP contribution in [0.2, 0.25) is 0 Å². The van der Waals surface area contributed by atoms with E-state index in [1.165, 1.54) is 0 Å². The van der Waals surface area contributed by atoms with Crippen LogP contribution in [0.4, 0.5) is 9.59 Å². The molecule has 2 saturated heterocycles. The molecule has 0 aromatic rings. The highest BCUT2D eigenvalue weighted by molar-refractivity contribution is 5.76. The predicted molar refractivity (Wildman–Crippen MR) is 79.3 cm³/mol. The number of hydrogen-bond donors (Lipinski definition) is 0. The van der Waals surface area contributed by atoms with Crippen molar-refractivity contribution in [3.63, 3.8) is 0 Å². The highest BCUT2D eigenvalue weighted by Gasteiger charge is 2.26. The molecular weight excluding hydrogens is 272 g/mol. The van der Waals surface area contributed by atoms with Gasteiger partial charge in [-0.25, -0.2) is 9.59 Å². The van der Waals surface area contributed by atoms with E-state index < -0.39 is 0 Å². The van der Waals surface area contributed by atoms with Crippen molar-refractivity contribution in [2.75, 3.05) is 66.0 Å². The molecule has 3 amide bonds. The number of hydrogen-bond acceptors (Lipinski definition) is 4. The van der Waals surface area contributed by atoms with E-state index in [0.717, 1.165) is 52.2 Å². The zero-order valence-corrected chi connectivity index (χ0v) is 13.1. The number of ether oxygens (including phenoxy) is 1. The Hall–Kier alpha value is -1.50. The second-order valence-corrected chi connectivity index (χ2v) is 5.57. The first-order chi connectivity index (χ1) is 10.1. The van der Waals surface area contributed by atoms with Crippen LogP contribution in [0.3, 0.4) is 0 Å². The Labute approximate surface area is 126 Å². The van der Waals surface area contributed by atoms with Crippen molar-refractivity contribution >= 4 is 12.1 Å². The molecule has 0 aromatic heterocycles. The van der Waals surface area contributed by atoms with E-state index in [4.69, 9.17) is 4.74 Å². The molecule has 0 saturated carbocycles. The third-order valence-electron chi connectivity index (χ3n) is 4.10. The van der Waals surface area contributed by atoms with Gasteiger partial charge < -0.3 is 19.4 Å². The molecule has 2 rings (SSSR count). The van der Waals surface area contributed by atoms with Gasteiger partial charge in [0.2, 0.25) is 0 Å². The number of urea groups is 1. The summed E-state index contributed by atoms with van der Waals surface area (Å²) >= 11 is 0. The monoisotopic (exact) mass is 298 g/mol. The first-order valence-electron chi connectivity index (χ1n) is 7.76. The molecule has 2 heterocycles. The second kappa shape index (κ2) is 7.49. The van der Waals surface area contributed by atoms with Gasteiger partial charge >= 0.3 is 12.1 Å². The standard InChI is InChI=1S/C14H26N4O3/c1-3-21-14(20)18-6-4-5-16(9-12-18)8-11-17-10-7-15(2)13(17)19/h3-12H2,1-2H3. The number of carbonyl (C=O) groups excluding carboxylic acids is 2. The molecule has 0 N–H and O–H groups in total. The summed E-state index contributed by atoms with van der Waals surface area (Å²) in [6.07, 6.45) is 0.739. The summed E-state index contributed by atoms with van der Waals surface area (Å²) in [5, 5.41) is 0. The maximum absolute atomic E-state index is 11.8. The summed E-state index contributed by atoms with van der Waals surface area (Å²) in [6, 6.07) is 0.123. The van der Waals surface area contributed by atoms with Crippen molar-refractivity contribution in [1.29, 1.82) is 0 Å². The SMILES string of the molecule is CCOC(=O)N1CCCN(CCN2CCN(C)C2=O)CC1. The lowest BCUT2D eigenvalue weighted by atomic mass is 10.4. The molecule has 0 radical (unpaired) electrons. The summed E-state index contributed by atoms with van der Waals surface area (Å²) in [4.78, 5) is 31.3. The molecule has 0 atom stereocenters. The Kier molecular flexibility index (Phi) is 5.67. The zero-order valence-electron chi connectivity index (χ0n) is 13.1. The van der Waals surface area contributed by atoms with Gasteiger partial charge in [-0.05, 0) is 19.9 Å². The third kappa shape index (κ3) is 4.23. The van der Waals surface area contributed by atoms with Crippen LogP contribution < -0.4 is 0 Å². The van der Waals surface area contributed by atoms with Gasteiger partial charge in [-0.15, -0.1) is 0 Å². The van der Waals surface area contributed by atoms with Crippen LogP contribution in [0.25, 0.3) is 0 Å². The predicted octanol–water partition coefficient (Wildman–Crippen LogP) is 0.518. The van der Waals surface area contributed by atoms with Crippen LogP contribution >= 0.6 is 0 Å². The van der Waals surface area contributed by atoms with E-state index in [9.17, 15) is 9.59 Å². The minimum atomic E-state index is -0.212. The highest BCUT2D eigenvalue weighted by Crippen LogP contribution is 2.08. The first-order valence-corrected chi connectivity index (χ1v) is 7.76. The van der Waals surface area contributed by atoms with Crippen LogP contribution in [-0.4, -0.2) is 97.7 Å². The smallest absolute Gasteiger partial charge is 0.409 e. The number of carbonyl (C=O) groups is 2. The second-order valence-electron chi connectivity index (χ2n) is 5.57. The van der Waals surface area contributed by atoms with E-state index in [1.54, 1.807) is 9.80 Å². The topological polar surface area (TPSA) is 56.3 Å². The Morgan fingerprint density at radius 2 is 1.90 bits per heavy atom. The molecule has 2 aliphatic rings. The highest BCUT2D eigenvalue weighted by atomic mass is 16.6. The molecule has 21 heavy (non-hydrogen) atoms. The number of amides is 3. The normalized spacial score (nSPS) is 20.9. The molecule has 7 nitrogen and oxygen atoms in total. The lowest BCUT2D eigenvalue weighted by molar-refractivity contribution is 0.108. The maximum Gasteiger partial charge on any atom is 0.409 e. The van der Waals surface area contributed by atoms with Crippen molar-refractivity contribution in [1.82, 2.24) is 19.6 Å². The van der Waals surface area contributed by atoms with Crippen LogP contribution in [0.15, 0.2) is 0 Å². The quantitative estimate of drug-likeness (QED) is 0.759.